The molecule has 2 aromatic rings. The zero-order valence-corrected chi connectivity index (χ0v) is 15.1. The van der Waals surface area contributed by atoms with E-state index in [4.69, 9.17) is 9.47 Å². The molecule has 0 atom stereocenters. The molecular formula is C16H17Br2NO2. The van der Waals surface area contributed by atoms with Crippen LogP contribution in [0.1, 0.15) is 11.1 Å². The summed E-state index contributed by atoms with van der Waals surface area (Å²) in [5.41, 5.74) is 3.36. The van der Waals surface area contributed by atoms with Crippen LogP contribution in [0.3, 0.4) is 0 Å². The van der Waals surface area contributed by atoms with Gasteiger partial charge in [0.25, 0.3) is 0 Å². The smallest absolute Gasteiger partial charge is 0.133 e. The summed E-state index contributed by atoms with van der Waals surface area (Å²) in [5, 5.41) is 3.45. The van der Waals surface area contributed by atoms with E-state index in [0.29, 0.717) is 6.61 Å². The molecule has 0 aliphatic heterocycles. The van der Waals surface area contributed by atoms with Gasteiger partial charge < -0.3 is 14.8 Å². The lowest BCUT2D eigenvalue weighted by Crippen LogP contribution is -2.04. The van der Waals surface area contributed by atoms with E-state index in [-0.39, 0.29) is 0 Å². The number of nitrogens with one attached hydrogen (secondary N) is 1. The van der Waals surface area contributed by atoms with E-state index >= 15 is 0 Å². The molecule has 0 unspecified atom stereocenters. The molecule has 0 saturated carbocycles. The van der Waals surface area contributed by atoms with Crippen LogP contribution in [-0.4, -0.2) is 14.2 Å². The first-order valence-electron chi connectivity index (χ1n) is 6.48. The van der Waals surface area contributed by atoms with Crippen molar-refractivity contribution in [3.8, 4) is 5.75 Å². The van der Waals surface area contributed by atoms with E-state index in [9.17, 15) is 0 Å². The Hall–Kier alpha value is -1.04. The number of rotatable bonds is 6. The van der Waals surface area contributed by atoms with Gasteiger partial charge in [0, 0.05) is 29.4 Å². The van der Waals surface area contributed by atoms with Crippen molar-refractivity contribution in [1.29, 1.82) is 0 Å². The van der Waals surface area contributed by atoms with Crippen molar-refractivity contribution in [2.45, 2.75) is 13.2 Å². The molecule has 112 valence electrons. The third kappa shape index (κ3) is 4.22. The average Bonchev–Trinajstić information content (AvgIpc) is 2.48. The molecule has 0 aromatic heterocycles. The molecule has 21 heavy (non-hydrogen) atoms. The molecule has 0 fully saturated rings. The summed E-state index contributed by atoms with van der Waals surface area (Å²) in [4.78, 5) is 0. The van der Waals surface area contributed by atoms with Crippen molar-refractivity contribution < 1.29 is 9.47 Å². The lowest BCUT2D eigenvalue weighted by Gasteiger charge is -2.14. The summed E-state index contributed by atoms with van der Waals surface area (Å²) in [6.45, 7) is 1.30. The van der Waals surface area contributed by atoms with Crippen LogP contribution >= 0.6 is 31.9 Å². The van der Waals surface area contributed by atoms with E-state index in [1.807, 2.05) is 24.3 Å². The highest BCUT2D eigenvalue weighted by Gasteiger charge is 2.07. The van der Waals surface area contributed by atoms with Crippen LogP contribution in [0.15, 0.2) is 45.3 Å². The lowest BCUT2D eigenvalue weighted by atomic mass is 10.1. The molecule has 0 heterocycles. The van der Waals surface area contributed by atoms with Crippen molar-refractivity contribution in [1.82, 2.24) is 0 Å². The Bertz CT molecular complexity index is 617. The number of anilines is 1. The van der Waals surface area contributed by atoms with Gasteiger partial charge in [-0.05, 0) is 45.8 Å². The van der Waals surface area contributed by atoms with E-state index in [1.54, 1.807) is 14.2 Å². The SMILES string of the molecule is COCc1c(Br)cccc1NCc1ccc(OC)c(Br)c1. The van der Waals surface area contributed by atoms with Crippen molar-refractivity contribution in [3.63, 3.8) is 0 Å². The summed E-state index contributed by atoms with van der Waals surface area (Å²) in [6, 6.07) is 12.1. The van der Waals surface area contributed by atoms with Crippen molar-refractivity contribution in [2.75, 3.05) is 19.5 Å². The third-order valence-electron chi connectivity index (χ3n) is 3.11. The quantitative estimate of drug-likeness (QED) is 0.722. The molecule has 0 aliphatic rings. The number of hydrogen-bond donors (Lipinski definition) is 1. The second-order valence-electron chi connectivity index (χ2n) is 4.52. The van der Waals surface area contributed by atoms with Crippen molar-refractivity contribution in [3.05, 3.63) is 56.5 Å². The molecule has 0 bridgehead atoms. The molecule has 0 saturated heterocycles. The Morgan fingerprint density at radius 2 is 1.86 bits per heavy atom. The van der Waals surface area contributed by atoms with Gasteiger partial charge in [-0.15, -0.1) is 0 Å². The van der Waals surface area contributed by atoms with E-state index in [0.717, 1.165) is 32.5 Å². The summed E-state index contributed by atoms with van der Waals surface area (Å²) < 4.78 is 12.5. The van der Waals surface area contributed by atoms with Gasteiger partial charge in [0.05, 0.1) is 18.2 Å². The summed E-state index contributed by atoms with van der Waals surface area (Å²) in [5.74, 6) is 0.835. The Morgan fingerprint density at radius 1 is 1.05 bits per heavy atom. The molecule has 0 aliphatic carbocycles. The highest BCUT2D eigenvalue weighted by molar-refractivity contribution is 9.10. The average molecular weight is 415 g/mol. The first-order chi connectivity index (χ1) is 10.2. The second-order valence-corrected chi connectivity index (χ2v) is 6.23. The lowest BCUT2D eigenvalue weighted by molar-refractivity contribution is 0.185. The fourth-order valence-electron chi connectivity index (χ4n) is 2.03. The van der Waals surface area contributed by atoms with Gasteiger partial charge in [0.1, 0.15) is 5.75 Å². The summed E-state index contributed by atoms with van der Waals surface area (Å²) in [6.07, 6.45) is 0. The van der Waals surface area contributed by atoms with Crippen LogP contribution in [0.4, 0.5) is 5.69 Å². The topological polar surface area (TPSA) is 30.5 Å². The summed E-state index contributed by atoms with van der Waals surface area (Å²) in [7, 11) is 3.36. The fourth-order valence-corrected chi connectivity index (χ4v) is 3.10. The number of ether oxygens (including phenoxy) is 2. The van der Waals surface area contributed by atoms with E-state index < -0.39 is 0 Å². The van der Waals surface area contributed by atoms with Crippen LogP contribution in [0, 0.1) is 0 Å². The van der Waals surface area contributed by atoms with Gasteiger partial charge in [0.2, 0.25) is 0 Å². The predicted octanol–water partition coefficient (Wildman–Crippen LogP) is 4.98. The Morgan fingerprint density at radius 3 is 2.52 bits per heavy atom. The van der Waals surface area contributed by atoms with Crippen LogP contribution in [0.5, 0.6) is 5.75 Å². The molecule has 0 amide bonds. The molecule has 1 N–H and O–H groups in total. The highest BCUT2D eigenvalue weighted by atomic mass is 79.9. The standard InChI is InChI=1S/C16H17Br2NO2/c1-20-10-12-13(17)4-3-5-15(12)19-9-11-6-7-16(21-2)14(18)8-11/h3-8,19H,9-10H2,1-2H3. The van der Waals surface area contributed by atoms with Gasteiger partial charge in [-0.25, -0.2) is 0 Å². The number of benzene rings is 2. The summed E-state index contributed by atoms with van der Waals surface area (Å²) >= 11 is 7.07. The molecule has 0 spiro atoms. The van der Waals surface area contributed by atoms with Gasteiger partial charge in [0.15, 0.2) is 0 Å². The van der Waals surface area contributed by atoms with Gasteiger partial charge in [-0.3, -0.25) is 0 Å². The monoisotopic (exact) mass is 413 g/mol. The van der Waals surface area contributed by atoms with E-state index in [1.165, 1.54) is 5.56 Å². The van der Waals surface area contributed by atoms with Crippen LogP contribution in [0.2, 0.25) is 0 Å². The maximum Gasteiger partial charge on any atom is 0.133 e. The van der Waals surface area contributed by atoms with E-state index in [2.05, 4.69) is 49.3 Å². The first-order valence-corrected chi connectivity index (χ1v) is 8.07. The first kappa shape index (κ1) is 16.3. The minimum atomic E-state index is 0.566. The molecule has 5 heteroatoms. The molecular weight excluding hydrogens is 398 g/mol. The van der Waals surface area contributed by atoms with Crippen molar-refractivity contribution >= 4 is 37.5 Å². The van der Waals surface area contributed by atoms with Crippen molar-refractivity contribution in [2.24, 2.45) is 0 Å². The molecule has 2 aromatic carbocycles. The normalized spacial score (nSPS) is 10.5. The fraction of sp³-hybridized carbons (Fsp3) is 0.250. The number of hydrogen-bond acceptors (Lipinski definition) is 3. The van der Waals surface area contributed by atoms with Crippen LogP contribution < -0.4 is 10.1 Å². The third-order valence-corrected chi connectivity index (χ3v) is 4.47. The van der Waals surface area contributed by atoms with Gasteiger partial charge in [-0.1, -0.05) is 28.1 Å². The van der Waals surface area contributed by atoms with Gasteiger partial charge >= 0.3 is 0 Å². The largest absolute Gasteiger partial charge is 0.496 e. The second kappa shape index (κ2) is 7.82. The Labute approximate surface area is 141 Å². The molecule has 3 nitrogen and oxygen atoms in total. The van der Waals surface area contributed by atoms with Gasteiger partial charge in [-0.2, -0.15) is 0 Å². The molecule has 2 rings (SSSR count). The predicted molar refractivity (Wildman–Crippen MR) is 92.9 cm³/mol. The minimum absolute atomic E-state index is 0.566. The van der Waals surface area contributed by atoms with Crippen LogP contribution in [-0.2, 0) is 17.9 Å². The molecule has 0 radical (unpaired) electrons. The maximum atomic E-state index is 5.26. The minimum Gasteiger partial charge on any atom is -0.496 e. The zero-order chi connectivity index (χ0) is 15.2. The van der Waals surface area contributed by atoms with Crippen LogP contribution in [0.25, 0.3) is 0 Å². The number of halogens is 2. The zero-order valence-electron chi connectivity index (χ0n) is 12.0. The Kier molecular flexibility index (Phi) is 6.08. The Balaban J connectivity index is 2.13. The highest BCUT2D eigenvalue weighted by Crippen LogP contribution is 2.28. The number of methoxy groups -OCH3 is 2. The maximum absolute atomic E-state index is 5.26.